The topological polar surface area (TPSA) is 9.23 Å². The molecule has 0 saturated heterocycles. The van der Waals surface area contributed by atoms with E-state index < -0.39 is 11.6 Å². The lowest BCUT2D eigenvalue weighted by Crippen LogP contribution is -2.22. The lowest BCUT2D eigenvalue weighted by molar-refractivity contribution is 0.209. The molecule has 0 amide bonds. The fourth-order valence-electron chi connectivity index (χ4n) is 5.59. The first-order chi connectivity index (χ1) is 16.1. The molecule has 0 aliphatic heterocycles. The van der Waals surface area contributed by atoms with Crippen molar-refractivity contribution >= 4 is 0 Å². The van der Waals surface area contributed by atoms with E-state index in [4.69, 9.17) is 4.74 Å². The van der Waals surface area contributed by atoms with Crippen LogP contribution < -0.4 is 4.74 Å². The van der Waals surface area contributed by atoms with Gasteiger partial charge in [-0.05, 0) is 106 Å². The molecule has 0 spiro atoms. The van der Waals surface area contributed by atoms with E-state index >= 15 is 0 Å². The molecule has 184 valence electrons. The largest absolute Gasteiger partial charge is 0.490 e. The van der Waals surface area contributed by atoms with Crippen molar-refractivity contribution in [2.75, 3.05) is 6.61 Å². The summed E-state index contributed by atoms with van der Waals surface area (Å²) in [6, 6.07) is 3.22. The first-order valence-corrected chi connectivity index (χ1v) is 13.6. The molecule has 1 saturated carbocycles. The van der Waals surface area contributed by atoms with Gasteiger partial charge in [0, 0.05) is 0 Å². The summed E-state index contributed by atoms with van der Waals surface area (Å²) in [6.07, 6.45) is 23.8. The average molecular weight is 459 g/mol. The van der Waals surface area contributed by atoms with Crippen molar-refractivity contribution in [3.05, 3.63) is 53.1 Å². The van der Waals surface area contributed by atoms with Crippen LogP contribution in [0.2, 0.25) is 0 Å². The van der Waals surface area contributed by atoms with Crippen molar-refractivity contribution in [1.29, 1.82) is 0 Å². The number of rotatable bonds is 12. The third kappa shape index (κ3) is 7.97. The predicted octanol–water partition coefficient (Wildman–Crippen LogP) is 9.36. The number of hydrogen-bond acceptors (Lipinski definition) is 1. The highest BCUT2D eigenvalue weighted by atomic mass is 19.2. The van der Waals surface area contributed by atoms with E-state index in [-0.39, 0.29) is 5.75 Å². The van der Waals surface area contributed by atoms with Crippen molar-refractivity contribution < 1.29 is 13.5 Å². The SMILES string of the molecule is CCCCCC1=CCC(C2CCC(/C=C/CCc3ccc(OCCC)c(F)c3F)CC2)CC1. The Kier molecular flexibility index (Phi) is 11.0. The summed E-state index contributed by atoms with van der Waals surface area (Å²) in [5.74, 6) is 0.852. The Morgan fingerprint density at radius 2 is 1.73 bits per heavy atom. The normalized spacial score (nSPS) is 23.6. The number of ether oxygens (including phenoxy) is 1. The first kappa shape index (κ1) is 26.0. The van der Waals surface area contributed by atoms with E-state index in [1.165, 1.54) is 70.6 Å². The van der Waals surface area contributed by atoms with Gasteiger partial charge in [-0.25, -0.2) is 4.39 Å². The molecule has 1 nitrogen and oxygen atoms in total. The summed E-state index contributed by atoms with van der Waals surface area (Å²) >= 11 is 0. The summed E-state index contributed by atoms with van der Waals surface area (Å²) in [4.78, 5) is 0. The quantitative estimate of drug-likeness (QED) is 0.224. The second-order valence-electron chi connectivity index (χ2n) is 10.2. The van der Waals surface area contributed by atoms with E-state index in [0.29, 0.717) is 24.5 Å². The second kappa shape index (κ2) is 13.9. The molecule has 2 aliphatic carbocycles. The molecule has 1 aromatic carbocycles. The van der Waals surface area contributed by atoms with Gasteiger partial charge in [-0.15, -0.1) is 0 Å². The number of unbranched alkanes of at least 4 members (excludes halogenated alkanes) is 2. The molecule has 1 aromatic rings. The minimum absolute atomic E-state index is 0.0200. The van der Waals surface area contributed by atoms with Crippen molar-refractivity contribution in [1.82, 2.24) is 0 Å². The minimum Gasteiger partial charge on any atom is -0.490 e. The molecular formula is C30H44F2O. The summed E-state index contributed by atoms with van der Waals surface area (Å²) in [7, 11) is 0. The van der Waals surface area contributed by atoms with Crippen LogP contribution in [-0.4, -0.2) is 6.61 Å². The van der Waals surface area contributed by atoms with Crippen LogP contribution in [0, 0.1) is 29.4 Å². The zero-order valence-electron chi connectivity index (χ0n) is 20.9. The second-order valence-corrected chi connectivity index (χ2v) is 10.2. The van der Waals surface area contributed by atoms with E-state index in [1.54, 1.807) is 17.7 Å². The van der Waals surface area contributed by atoms with Crippen LogP contribution in [0.25, 0.3) is 0 Å². The van der Waals surface area contributed by atoms with Gasteiger partial charge in [0.15, 0.2) is 11.6 Å². The lowest BCUT2D eigenvalue weighted by atomic mass is 9.71. The van der Waals surface area contributed by atoms with Gasteiger partial charge >= 0.3 is 0 Å². The Balaban J connectivity index is 1.37. The predicted molar refractivity (Wildman–Crippen MR) is 135 cm³/mol. The average Bonchev–Trinajstić information content (AvgIpc) is 2.85. The van der Waals surface area contributed by atoms with Crippen molar-refractivity contribution in [3.8, 4) is 5.75 Å². The maximum Gasteiger partial charge on any atom is 0.200 e. The van der Waals surface area contributed by atoms with Crippen LogP contribution in [0.4, 0.5) is 8.78 Å². The molecule has 0 N–H and O–H groups in total. The fraction of sp³-hybridized carbons (Fsp3) is 0.667. The Morgan fingerprint density at radius 1 is 0.909 bits per heavy atom. The number of hydrogen-bond donors (Lipinski definition) is 0. The summed E-state index contributed by atoms with van der Waals surface area (Å²) in [6.45, 7) is 4.62. The van der Waals surface area contributed by atoms with Gasteiger partial charge < -0.3 is 4.74 Å². The molecule has 0 aromatic heterocycles. The van der Waals surface area contributed by atoms with Crippen molar-refractivity contribution in [3.63, 3.8) is 0 Å². The molecule has 1 atom stereocenters. The first-order valence-electron chi connectivity index (χ1n) is 13.6. The molecule has 2 aliphatic rings. The molecule has 0 heterocycles. The number of halogens is 2. The summed E-state index contributed by atoms with van der Waals surface area (Å²) in [5.41, 5.74) is 2.15. The molecule has 3 rings (SSSR count). The van der Waals surface area contributed by atoms with Gasteiger partial charge in [0.1, 0.15) is 0 Å². The fourth-order valence-corrected chi connectivity index (χ4v) is 5.59. The van der Waals surface area contributed by atoms with E-state index in [9.17, 15) is 8.78 Å². The van der Waals surface area contributed by atoms with E-state index in [0.717, 1.165) is 24.7 Å². The number of allylic oxidation sites excluding steroid dienone is 4. The highest BCUT2D eigenvalue weighted by Crippen LogP contribution is 2.40. The van der Waals surface area contributed by atoms with Crippen molar-refractivity contribution in [2.24, 2.45) is 17.8 Å². The van der Waals surface area contributed by atoms with Crippen molar-refractivity contribution in [2.45, 2.75) is 104 Å². The molecule has 0 radical (unpaired) electrons. The highest BCUT2D eigenvalue weighted by Gasteiger charge is 2.27. The Labute approximate surface area is 200 Å². The highest BCUT2D eigenvalue weighted by molar-refractivity contribution is 5.31. The van der Waals surface area contributed by atoms with Crippen LogP contribution in [0.3, 0.4) is 0 Å². The van der Waals surface area contributed by atoms with Gasteiger partial charge in [-0.1, -0.05) is 56.6 Å². The Bertz CT molecular complexity index is 774. The maximum atomic E-state index is 14.3. The van der Waals surface area contributed by atoms with Gasteiger partial charge in [-0.3, -0.25) is 0 Å². The Hall–Kier alpha value is -1.64. The van der Waals surface area contributed by atoms with Gasteiger partial charge in [0.25, 0.3) is 0 Å². The van der Waals surface area contributed by atoms with E-state index in [1.807, 2.05) is 6.92 Å². The molecular weight excluding hydrogens is 414 g/mol. The van der Waals surface area contributed by atoms with E-state index in [2.05, 4.69) is 25.2 Å². The summed E-state index contributed by atoms with van der Waals surface area (Å²) in [5, 5.41) is 0. The standard InChI is InChI=1S/C30H44F2O/c1-3-5-6-9-23-12-16-25(17-13-23)26-18-14-24(15-19-26)10-7-8-11-27-20-21-28(33-22-4-2)30(32)29(27)31/h7,10,12,20-21,24-26H,3-6,8-9,11,13-19,22H2,1-2H3/b10-7+. The number of aryl methyl sites for hydroxylation is 1. The van der Waals surface area contributed by atoms with Gasteiger partial charge in [0.2, 0.25) is 5.82 Å². The van der Waals surface area contributed by atoms with Crippen LogP contribution >= 0.6 is 0 Å². The zero-order chi connectivity index (χ0) is 23.5. The zero-order valence-corrected chi connectivity index (χ0v) is 20.9. The van der Waals surface area contributed by atoms with Crippen LogP contribution in [0.15, 0.2) is 35.9 Å². The number of benzene rings is 1. The smallest absolute Gasteiger partial charge is 0.200 e. The van der Waals surface area contributed by atoms with Gasteiger partial charge in [-0.2, -0.15) is 4.39 Å². The third-order valence-electron chi connectivity index (χ3n) is 7.71. The molecule has 3 heteroatoms. The summed E-state index contributed by atoms with van der Waals surface area (Å²) < 4.78 is 33.7. The van der Waals surface area contributed by atoms with Gasteiger partial charge in [0.05, 0.1) is 6.61 Å². The molecule has 0 bridgehead atoms. The lowest BCUT2D eigenvalue weighted by Gasteiger charge is -2.35. The Morgan fingerprint density at radius 3 is 2.42 bits per heavy atom. The van der Waals surface area contributed by atoms with Crippen LogP contribution in [0.5, 0.6) is 5.75 Å². The molecule has 1 fully saturated rings. The third-order valence-corrected chi connectivity index (χ3v) is 7.71. The minimum atomic E-state index is -0.853. The maximum absolute atomic E-state index is 14.3. The molecule has 1 unspecified atom stereocenters. The molecule has 33 heavy (non-hydrogen) atoms. The van der Waals surface area contributed by atoms with Crippen LogP contribution in [-0.2, 0) is 6.42 Å². The van der Waals surface area contributed by atoms with Crippen LogP contribution in [0.1, 0.15) is 103 Å². The monoisotopic (exact) mass is 458 g/mol.